The monoisotopic (exact) mass is 371 g/mol. The van der Waals surface area contributed by atoms with Crippen molar-refractivity contribution in [2.45, 2.75) is 41.9 Å². The molecule has 0 saturated carbocycles. The van der Waals surface area contributed by atoms with Gasteiger partial charge in [0.1, 0.15) is 5.75 Å². The summed E-state index contributed by atoms with van der Waals surface area (Å²) in [7, 11) is 0. The van der Waals surface area contributed by atoms with Crippen LogP contribution in [0.15, 0.2) is 52.3 Å². The summed E-state index contributed by atoms with van der Waals surface area (Å²) in [5, 5.41) is 3.43. The fraction of sp³-hybridized carbons (Fsp3) is 0.429. The van der Waals surface area contributed by atoms with Gasteiger partial charge in [-0.05, 0) is 81.1 Å². The molecule has 0 atom stereocenters. The van der Waals surface area contributed by atoms with Crippen LogP contribution in [0.25, 0.3) is 0 Å². The molecule has 0 aromatic heterocycles. The molecule has 0 unspecified atom stereocenters. The van der Waals surface area contributed by atoms with Gasteiger partial charge < -0.3 is 21.5 Å². The van der Waals surface area contributed by atoms with E-state index in [1.165, 1.54) is 38.8 Å². The van der Waals surface area contributed by atoms with Gasteiger partial charge in [0.15, 0.2) is 0 Å². The maximum atomic E-state index is 5.95. The number of benzene rings is 2. The molecule has 1 heterocycles. The van der Waals surface area contributed by atoms with Gasteiger partial charge in [-0.25, -0.2) is 0 Å². The van der Waals surface area contributed by atoms with Gasteiger partial charge >= 0.3 is 0 Å². The quantitative estimate of drug-likeness (QED) is 0.469. The second-order valence-corrected chi connectivity index (χ2v) is 8.05. The largest absolute Gasteiger partial charge is 0.494 e. The highest BCUT2D eigenvalue weighted by molar-refractivity contribution is 7.99. The van der Waals surface area contributed by atoms with Gasteiger partial charge in [0, 0.05) is 9.79 Å². The van der Waals surface area contributed by atoms with Crippen molar-refractivity contribution in [2.75, 3.05) is 31.2 Å². The van der Waals surface area contributed by atoms with E-state index in [1.807, 2.05) is 30.3 Å². The van der Waals surface area contributed by atoms with Crippen molar-refractivity contribution >= 4 is 23.1 Å². The molecule has 3 rings (SSSR count). The maximum absolute atomic E-state index is 5.95. The summed E-state index contributed by atoms with van der Waals surface area (Å²) in [5.41, 5.74) is 12.9. The Labute approximate surface area is 160 Å². The normalized spacial score (nSPS) is 15.1. The van der Waals surface area contributed by atoms with E-state index < -0.39 is 0 Å². The molecule has 1 fully saturated rings. The first-order valence-electron chi connectivity index (χ1n) is 9.47. The van der Waals surface area contributed by atoms with E-state index in [1.54, 1.807) is 11.8 Å². The minimum Gasteiger partial charge on any atom is -0.494 e. The Morgan fingerprint density at radius 2 is 1.77 bits per heavy atom. The number of ether oxygens (including phenoxy) is 1. The van der Waals surface area contributed by atoms with Gasteiger partial charge in [-0.2, -0.15) is 0 Å². The summed E-state index contributed by atoms with van der Waals surface area (Å²) in [5.74, 6) is 1.84. The lowest BCUT2D eigenvalue weighted by Crippen LogP contribution is -2.27. The number of hydrogen-bond acceptors (Lipinski definition) is 5. The van der Waals surface area contributed by atoms with Crippen LogP contribution >= 0.6 is 11.8 Å². The van der Waals surface area contributed by atoms with Gasteiger partial charge in [-0.15, -0.1) is 0 Å². The topological polar surface area (TPSA) is 73.3 Å². The Balaban J connectivity index is 1.42. The molecule has 1 aliphatic rings. The van der Waals surface area contributed by atoms with Crippen LogP contribution < -0.4 is 21.5 Å². The zero-order chi connectivity index (χ0) is 18.2. The van der Waals surface area contributed by atoms with E-state index in [0.717, 1.165) is 34.5 Å². The molecule has 2 aromatic rings. The highest BCUT2D eigenvalue weighted by atomic mass is 32.2. The number of rotatable bonds is 8. The fourth-order valence-corrected chi connectivity index (χ4v) is 4.19. The minimum atomic E-state index is 0.621. The number of nitrogen functional groups attached to an aromatic ring is 2. The molecule has 1 saturated heterocycles. The summed E-state index contributed by atoms with van der Waals surface area (Å²) in [4.78, 5) is 2.22. The Kier molecular flexibility index (Phi) is 7.09. The molecule has 0 aliphatic carbocycles. The van der Waals surface area contributed by atoms with Crippen molar-refractivity contribution in [3.63, 3.8) is 0 Å². The van der Waals surface area contributed by atoms with Gasteiger partial charge in [0.05, 0.1) is 18.0 Å². The van der Waals surface area contributed by atoms with Gasteiger partial charge in [-0.3, -0.25) is 0 Å². The van der Waals surface area contributed by atoms with Crippen LogP contribution in [-0.2, 0) is 0 Å². The first-order valence-corrected chi connectivity index (χ1v) is 10.3. The molecular formula is C21H29N3OS. The fourth-order valence-electron chi connectivity index (χ4n) is 3.28. The molecule has 26 heavy (non-hydrogen) atoms. The smallest absolute Gasteiger partial charge is 0.120 e. The molecule has 2 aromatic carbocycles. The lowest BCUT2D eigenvalue weighted by Gasteiger charge is -2.22. The highest BCUT2D eigenvalue weighted by Gasteiger charge is 2.12. The molecule has 1 aliphatic heterocycles. The molecule has 0 bridgehead atoms. The zero-order valence-corrected chi connectivity index (χ0v) is 16.1. The lowest BCUT2D eigenvalue weighted by molar-refractivity contribution is 0.287. The summed E-state index contributed by atoms with van der Waals surface area (Å²) in [6.07, 6.45) is 6.37. The minimum absolute atomic E-state index is 0.621. The molecule has 4 nitrogen and oxygen atoms in total. The van der Waals surface area contributed by atoms with Crippen molar-refractivity contribution in [1.82, 2.24) is 5.32 Å². The molecule has 5 heteroatoms. The molecule has 0 spiro atoms. The van der Waals surface area contributed by atoms with Crippen LogP contribution in [0.5, 0.6) is 5.75 Å². The third kappa shape index (κ3) is 5.85. The van der Waals surface area contributed by atoms with E-state index in [9.17, 15) is 0 Å². The summed E-state index contributed by atoms with van der Waals surface area (Å²) >= 11 is 1.67. The van der Waals surface area contributed by atoms with E-state index in [-0.39, 0.29) is 0 Å². The average molecular weight is 372 g/mol. The Morgan fingerprint density at radius 3 is 2.58 bits per heavy atom. The first-order chi connectivity index (χ1) is 12.7. The predicted molar refractivity (Wildman–Crippen MR) is 111 cm³/mol. The highest BCUT2D eigenvalue weighted by Crippen LogP contribution is 2.32. The average Bonchev–Trinajstić information content (AvgIpc) is 2.66. The van der Waals surface area contributed by atoms with E-state index >= 15 is 0 Å². The first kappa shape index (κ1) is 18.9. The lowest BCUT2D eigenvalue weighted by atomic mass is 9.93. The number of piperidine rings is 1. The van der Waals surface area contributed by atoms with Gasteiger partial charge in [0.25, 0.3) is 0 Å². The second-order valence-electron chi connectivity index (χ2n) is 6.91. The van der Waals surface area contributed by atoms with Gasteiger partial charge in [0.2, 0.25) is 0 Å². The molecule has 5 N–H and O–H groups in total. The van der Waals surface area contributed by atoms with Crippen molar-refractivity contribution in [3.8, 4) is 5.75 Å². The maximum Gasteiger partial charge on any atom is 0.120 e. The Hall–Kier alpha value is -1.85. The van der Waals surface area contributed by atoms with Crippen LogP contribution in [0.2, 0.25) is 0 Å². The van der Waals surface area contributed by atoms with E-state index in [2.05, 4.69) is 17.4 Å². The third-order valence-electron chi connectivity index (χ3n) is 4.83. The number of hydrogen-bond donors (Lipinski definition) is 3. The molecule has 0 radical (unpaired) electrons. The van der Waals surface area contributed by atoms with Crippen molar-refractivity contribution < 1.29 is 4.74 Å². The van der Waals surface area contributed by atoms with Crippen LogP contribution in [0.1, 0.15) is 32.1 Å². The number of nitrogens with one attached hydrogen (secondary N) is 1. The third-order valence-corrected chi connectivity index (χ3v) is 5.81. The van der Waals surface area contributed by atoms with Crippen LogP contribution in [0.3, 0.4) is 0 Å². The summed E-state index contributed by atoms with van der Waals surface area (Å²) < 4.78 is 5.95. The number of nitrogens with two attached hydrogens (primary N) is 2. The Morgan fingerprint density at radius 1 is 0.962 bits per heavy atom. The SMILES string of the molecule is Nc1ccc(Sc2cccc(OCCCCC3CCNCC3)c2)cc1N. The molecule has 140 valence electrons. The van der Waals surface area contributed by atoms with Crippen molar-refractivity contribution in [2.24, 2.45) is 5.92 Å². The van der Waals surface area contributed by atoms with Crippen LogP contribution in [-0.4, -0.2) is 19.7 Å². The van der Waals surface area contributed by atoms with E-state index in [4.69, 9.17) is 16.2 Å². The summed E-state index contributed by atoms with van der Waals surface area (Å²) in [6, 6.07) is 14.0. The Bertz CT molecular complexity index is 701. The van der Waals surface area contributed by atoms with Crippen LogP contribution in [0, 0.1) is 5.92 Å². The summed E-state index contributed by atoms with van der Waals surface area (Å²) in [6.45, 7) is 3.16. The van der Waals surface area contributed by atoms with Gasteiger partial charge in [-0.1, -0.05) is 24.2 Å². The molecule has 0 amide bonds. The van der Waals surface area contributed by atoms with Crippen LogP contribution in [0.4, 0.5) is 11.4 Å². The van der Waals surface area contributed by atoms with E-state index in [0.29, 0.717) is 11.4 Å². The number of anilines is 2. The standard InChI is InChI=1S/C21H29N3OS/c22-20-8-7-19(15-21(20)23)26-18-6-3-5-17(14-18)25-13-2-1-4-16-9-11-24-12-10-16/h3,5-8,14-16,24H,1-2,4,9-13,22-23H2. The predicted octanol–water partition coefficient (Wildman–Crippen LogP) is 4.55. The molecular weight excluding hydrogens is 342 g/mol. The van der Waals surface area contributed by atoms with Crippen molar-refractivity contribution in [1.29, 1.82) is 0 Å². The number of unbranched alkanes of at least 4 members (excludes halogenated alkanes) is 1. The van der Waals surface area contributed by atoms with Crippen molar-refractivity contribution in [3.05, 3.63) is 42.5 Å². The zero-order valence-electron chi connectivity index (χ0n) is 15.2. The second kappa shape index (κ2) is 9.74.